The van der Waals surface area contributed by atoms with Crippen LogP contribution in [0.2, 0.25) is 0 Å². The molecule has 0 fully saturated rings. The molecule has 0 spiro atoms. The number of fused-ring (bicyclic) bond motifs is 1. The molecular formula is C17H22N4O4S2. The van der Waals surface area contributed by atoms with Crippen molar-refractivity contribution >= 4 is 34.1 Å². The van der Waals surface area contributed by atoms with E-state index in [4.69, 9.17) is 14.2 Å². The van der Waals surface area contributed by atoms with Gasteiger partial charge in [0.2, 0.25) is 17.8 Å². The van der Waals surface area contributed by atoms with Gasteiger partial charge in [0.05, 0.1) is 5.75 Å². The van der Waals surface area contributed by atoms with Crippen LogP contribution in [0.25, 0.3) is 0 Å². The summed E-state index contributed by atoms with van der Waals surface area (Å²) in [4.78, 5) is 12.0. The van der Waals surface area contributed by atoms with E-state index < -0.39 is 0 Å². The Morgan fingerprint density at radius 2 is 2.22 bits per heavy atom. The van der Waals surface area contributed by atoms with Crippen molar-refractivity contribution in [2.75, 3.05) is 37.6 Å². The Hall–Kier alpha value is -2.04. The molecule has 8 nitrogen and oxygen atoms in total. The highest BCUT2D eigenvalue weighted by atomic mass is 32.2. The van der Waals surface area contributed by atoms with Crippen LogP contribution in [-0.4, -0.2) is 48.4 Å². The second-order valence-corrected chi connectivity index (χ2v) is 7.80. The average molecular weight is 411 g/mol. The van der Waals surface area contributed by atoms with Crippen molar-refractivity contribution in [3.8, 4) is 11.5 Å². The molecule has 2 N–H and O–H groups in total. The van der Waals surface area contributed by atoms with Crippen molar-refractivity contribution in [3.63, 3.8) is 0 Å². The van der Waals surface area contributed by atoms with E-state index in [1.165, 1.54) is 23.1 Å². The molecule has 1 aliphatic heterocycles. The highest BCUT2D eigenvalue weighted by molar-refractivity contribution is 8.01. The summed E-state index contributed by atoms with van der Waals surface area (Å²) in [5.74, 6) is 1.69. The molecule has 0 atom stereocenters. The summed E-state index contributed by atoms with van der Waals surface area (Å²) in [6, 6.07) is 5.64. The zero-order chi connectivity index (χ0) is 18.9. The molecule has 10 heteroatoms. The topological polar surface area (TPSA) is 94.6 Å². The minimum Gasteiger partial charge on any atom is -0.454 e. The lowest BCUT2D eigenvalue weighted by atomic mass is 10.2. The number of hydrogen-bond acceptors (Lipinski definition) is 9. The molecule has 1 aromatic carbocycles. The van der Waals surface area contributed by atoms with E-state index in [9.17, 15) is 4.79 Å². The molecule has 1 amide bonds. The summed E-state index contributed by atoms with van der Waals surface area (Å²) in [5.41, 5.74) is 0.965. The van der Waals surface area contributed by atoms with Crippen LogP contribution in [0.4, 0.5) is 5.13 Å². The lowest BCUT2D eigenvalue weighted by molar-refractivity contribution is -0.118. The van der Waals surface area contributed by atoms with E-state index in [1.54, 1.807) is 0 Å². The van der Waals surface area contributed by atoms with Gasteiger partial charge in [0.1, 0.15) is 0 Å². The van der Waals surface area contributed by atoms with Gasteiger partial charge in [-0.15, -0.1) is 10.2 Å². The van der Waals surface area contributed by atoms with Crippen LogP contribution in [0.5, 0.6) is 11.5 Å². The Kier molecular flexibility index (Phi) is 7.55. The summed E-state index contributed by atoms with van der Waals surface area (Å²) < 4.78 is 16.7. The molecule has 0 saturated heterocycles. The zero-order valence-electron chi connectivity index (χ0n) is 15.0. The molecule has 3 rings (SSSR count). The van der Waals surface area contributed by atoms with Crippen molar-refractivity contribution in [2.45, 2.75) is 24.2 Å². The minimum absolute atomic E-state index is 0.0564. The monoisotopic (exact) mass is 410 g/mol. The summed E-state index contributed by atoms with van der Waals surface area (Å²) in [5, 5.41) is 15.0. The predicted octanol–water partition coefficient (Wildman–Crippen LogP) is 2.51. The van der Waals surface area contributed by atoms with E-state index in [2.05, 4.69) is 20.8 Å². The molecule has 146 valence electrons. The number of hydrogen-bond donors (Lipinski definition) is 2. The maximum atomic E-state index is 12.0. The molecule has 0 radical (unpaired) electrons. The van der Waals surface area contributed by atoms with Gasteiger partial charge < -0.3 is 24.8 Å². The largest absolute Gasteiger partial charge is 0.454 e. The lowest BCUT2D eigenvalue weighted by Crippen LogP contribution is -2.24. The third kappa shape index (κ3) is 6.26. The number of thioether (sulfide) groups is 1. The first kappa shape index (κ1) is 19.7. The van der Waals surface area contributed by atoms with Crippen LogP contribution in [0.3, 0.4) is 0 Å². The summed E-state index contributed by atoms with van der Waals surface area (Å²) >= 11 is 2.82. The fourth-order valence-electron chi connectivity index (χ4n) is 2.28. The number of amides is 1. The van der Waals surface area contributed by atoms with E-state index in [0.29, 0.717) is 18.0 Å². The van der Waals surface area contributed by atoms with Gasteiger partial charge in [-0.05, 0) is 31.0 Å². The molecule has 0 saturated carbocycles. The highest BCUT2D eigenvalue weighted by Gasteiger charge is 2.13. The fourth-order valence-corrected chi connectivity index (χ4v) is 3.89. The van der Waals surface area contributed by atoms with Gasteiger partial charge in [0.25, 0.3) is 0 Å². The number of ether oxygens (including phenoxy) is 3. The fraction of sp³-hybridized carbons (Fsp3) is 0.471. The van der Waals surface area contributed by atoms with Gasteiger partial charge in [0.15, 0.2) is 15.8 Å². The summed E-state index contributed by atoms with van der Waals surface area (Å²) in [6.07, 6.45) is 0.915. The molecule has 1 aromatic heterocycles. The number of nitrogens with zero attached hydrogens (tertiary/aromatic N) is 2. The number of anilines is 1. The van der Waals surface area contributed by atoms with Crippen molar-refractivity contribution in [2.24, 2.45) is 0 Å². The smallest absolute Gasteiger partial charge is 0.231 e. The Morgan fingerprint density at radius 1 is 1.33 bits per heavy atom. The first-order valence-electron chi connectivity index (χ1n) is 8.67. The molecule has 0 bridgehead atoms. The second-order valence-electron chi connectivity index (χ2n) is 5.60. The van der Waals surface area contributed by atoms with Crippen LogP contribution in [-0.2, 0) is 16.1 Å². The molecular weight excluding hydrogens is 388 g/mol. The molecule has 2 heterocycles. The van der Waals surface area contributed by atoms with E-state index in [1.807, 2.05) is 25.1 Å². The van der Waals surface area contributed by atoms with Crippen molar-refractivity contribution in [1.29, 1.82) is 0 Å². The van der Waals surface area contributed by atoms with Crippen LogP contribution >= 0.6 is 23.1 Å². The van der Waals surface area contributed by atoms with Crippen molar-refractivity contribution in [1.82, 2.24) is 15.5 Å². The number of rotatable bonds is 11. The van der Waals surface area contributed by atoms with Crippen LogP contribution in [0, 0.1) is 0 Å². The van der Waals surface area contributed by atoms with Gasteiger partial charge in [-0.1, -0.05) is 29.2 Å². The standard InChI is InChI=1S/C17H22N4O4S2/c1-2-23-7-3-6-18-16-20-21-17(27-16)26-10-15(22)19-9-12-4-5-13-14(8-12)25-11-24-13/h4-5,8H,2-3,6-7,9-11H2,1H3,(H,18,20)(H,19,22). The Morgan fingerprint density at radius 3 is 3.11 bits per heavy atom. The molecule has 0 aliphatic carbocycles. The summed E-state index contributed by atoms with van der Waals surface area (Å²) in [6.45, 7) is 4.91. The van der Waals surface area contributed by atoms with Gasteiger partial charge in [0, 0.05) is 26.3 Å². The quantitative estimate of drug-likeness (QED) is 0.431. The maximum absolute atomic E-state index is 12.0. The minimum atomic E-state index is -0.0564. The normalized spacial score (nSPS) is 12.2. The van der Waals surface area contributed by atoms with Gasteiger partial charge in [-0.2, -0.15) is 0 Å². The van der Waals surface area contributed by atoms with E-state index >= 15 is 0 Å². The first-order chi connectivity index (χ1) is 13.2. The van der Waals surface area contributed by atoms with Crippen LogP contribution in [0.15, 0.2) is 22.5 Å². The van der Waals surface area contributed by atoms with E-state index in [-0.39, 0.29) is 12.7 Å². The highest BCUT2D eigenvalue weighted by Crippen LogP contribution is 2.32. The number of aromatic nitrogens is 2. The lowest BCUT2D eigenvalue weighted by Gasteiger charge is -2.05. The first-order valence-corrected chi connectivity index (χ1v) is 10.5. The van der Waals surface area contributed by atoms with Crippen molar-refractivity contribution in [3.05, 3.63) is 23.8 Å². The van der Waals surface area contributed by atoms with Gasteiger partial charge in [-0.25, -0.2) is 0 Å². The van der Waals surface area contributed by atoms with Crippen LogP contribution < -0.4 is 20.1 Å². The number of carbonyl (C=O) groups excluding carboxylic acids is 1. The van der Waals surface area contributed by atoms with Gasteiger partial charge in [-0.3, -0.25) is 4.79 Å². The van der Waals surface area contributed by atoms with Crippen molar-refractivity contribution < 1.29 is 19.0 Å². The van der Waals surface area contributed by atoms with E-state index in [0.717, 1.165) is 47.0 Å². The Labute approximate surface area is 166 Å². The molecule has 27 heavy (non-hydrogen) atoms. The Balaban J connectivity index is 1.34. The third-order valence-electron chi connectivity index (χ3n) is 3.61. The summed E-state index contributed by atoms with van der Waals surface area (Å²) in [7, 11) is 0. The Bertz CT molecular complexity index is 756. The van der Waals surface area contributed by atoms with Gasteiger partial charge >= 0.3 is 0 Å². The number of benzene rings is 1. The third-order valence-corrected chi connectivity index (χ3v) is 5.62. The molecule has 2 aromatic rings. The predicted molar refractivity (Wildman–Crippen MR) is 105 cm³/mol. The maximum Gasteiger partial charge on any atom is 0.231 e. The SMILES string of the molecule is CCOCCCNc1nnc(SCC(=O)NCc2ccc3c(c2)OCO3)s1. The molecule has 1 aliphatic rings. The second kappa shape index (κ2) is 10.3. The average Bonchev–Trinajstić information content (AvgIpc) is 3.33. The van der Waals surface area contributed by atoms with Crippen LogP contribution in [0.1, 0.15) is 18.9 Å². The number of nitrogens with one attached hydrogen (secondary N) is 2. The molecule has 0 unspecified atom stereocenters. The number of carbonyl (C=O) groups is 1. The zero-order valence-corrected chi connectivity index (χ0v) is 16.7.